The summed E-state index contributed by atoms with van der Waals surface area (Å²) in [5.41, 5.74) is 0.508. The zero-order chi connectivity index (χ0) is 23.5. The zero-order valence-electron chi connectivity index (χ0n) is 17.7. The van der Waals surface area contributed by atoms with Crippen LogP contribution in [0.25, 0.3) is 10.9 Å². The van der Waals surface area contributed by atoms with Gasteiger partial charge >= 0.3 is 0 Å². The number of benzene rings is 2. The molecule has 2 aromatic carbocycles. The average molecular weight is 496 g/mol. The van der Waals surface area contributed by atoms with E-state index in [-0.39, 0.29) is 33.0 Å². The summed E-state index contributed by atoms with van der Waals surface area (Å²) in [6.07, 6.45) is 1.07. The molecule has 0 saturated carbocycles. The van der Waals surface area contributed by atoms with Gasteiger partial charge in [-0.2, -0.15) is 0 Å². The van der Waals surface area contributed by atoms with Crippen molar-refractivity contribution in [2.24, 2.45) is 0 Å². The van der Waals surface area contributed by atoms with Crippen molar-refractivity contribution in [1.29, 1.82) is 0 Å². The fraction of sp³-hybridized carbons (Fsp3) is 0.286. The van der Waals surface area contributed by atoms with E-state index in [2.05, 4.69) is 10.3 Å². The van der Waals surface area contributed by atoms with Gasteiger partial charge in [0.05, 0.1) is 44.9 Å². The lowest BCUT2D eigenvalue weighted by Gasteiger charge is -2.18. The molecule has 0 aliphatic heterocycles. The highest BCUT2D eigenvalue weighted by molar-refractivity contribution is 7.99. The number of methoxy groups -OCH3 is 1. The van der Waals surface area contributed by atoms with Crippen LogP contribution in [0, 0.1) is 0 Å². The molecule has 8 nitrogen and oxygen atoms in total. The Balaban J connectivity index is 1.87. The van der Waals surface area contributed by atoms with Crippen LogP contribution in [0.4, 0.5) is 5.69 Å². The lowest BCUT2D eigenvalue weighted by atomic mass is 10.2. The SMILES string of the molecule is COC[C@@H](C)n1c(SCC(=O)Nc2cc(S(C)(=O)=O)ccc2Cl)nc2ccccc2c1=O. The topological polar surface area (TPSA) is 107 Å². The van der Waals surface area contributed by atoms with Crippen LogP contribution in [-0.4, -0.2) is 49.6 Å². The van der Waals surface area contributed by atoms with Gasteiger partial charge in [0, 0.05) is 13.4 Å². The summed E-state index contributed by atoms with van der Waals surface area (Å²) >= 11 is 7.20. The quantitative estimate of drug-likeness (QED) is 0.377. The number of ether oxygens (including phenoxy) is 1. The number of hydrogen-bond acceptors (Lipinski definition) is 7. The maximum absolute atomic E-state index is 13.1. The van der Waals surface area contributed by atoms with Gasteiger partial charge in [-0.05, 0) is 37.3 Å². The van der Waals surface area contributed by atoms with Crippen LogP contribution < -0.4 is 10.9 Å². The van der Waals surface area contributed by atoms with Gasteiger partial charge in [0.1, 0.15) is 0 Å². The van der Waals surface area contributed by atoms with Crippen molar-refractivity contribution < 1.29 is 17.9 Å². The first kappa shape index (κ1) is 24.2. The molecule has 0 spiro atoms. The Kier molecular flexibility index (Phi) is 7.60. The number of hydrogen-bond donors (Lipinski definition) is 1. The zero-order valence-corrected chi connectivity index (χ0v) is 20.1. The second-order valence-electron chi connectivity index (χ2n) is 7.14. The predicted octanol–water partition coefficient (Wildman–Crippen LogP) is 3.39. The number of anilines is 1. The average Bonchev–Trinajstić information content (AvgIpc) is 2.73. The van der Waals surface area contributed by atoms with E-state index in [1.807, 2.05) is 6.92 Å². The highest BCUT2D eigenvalue weighted by Crippen LogP contribution is 2.26. The highest BCUT2D eigenvalue weighted by atomic mass is 35.5. The van der Waals surface area contributed by atoms with Crippen molar-refractivity contribution in [1.82, 2.24) is 9.55 Å². The molecular formula is C21H22ClN3O5S2. The molecule has 1 atom stereocenters. The molecule has 1 heterocycles. The lowest BCUT2D eigenvalue weighted by molar-refractivity contribution is -0.113. The van der Waals surface area contributed by atoms with E-state index in [4.69, 9.17) is 16.3 Å². The Morgan fingerprint density at radius 3 is 2.69 bits per heavy atom. The van der Waals surface area contributed by atoms with Crippen molar-refractivity contribution in [3.8, 4) is 0 Å². The number of para-hydroxylation sites is 1. The number of nitrogens with zero attached hydrogens (tertiary/aromatic N) is 2. The number of carbonyl (C=O) groups excluding carboxylic acids is 1. The molecule has 11 heteroatoms. The van der Waals surface area contributed by atoms with Crippen LogP contribution in [0.2, 0.25) is 5.02 Å². The summed E-state index contributed by atoms with van der Waals surface area (Å²) in [4.78, 5) is 30.2. The normalized spacial score (nSPS) is 12.6. The minimum Gasteiger partial charge on any atom is -0.383 e. The molecule has 0 aliphatic rings. The Morgan fingerprint density at radius 1 is 1.28 bits per heavy atom. The molecule has 0 saturated heterocycles. The molecular weight excluding hydrogens is 474 g/mol. The molecule has 0 unspecified atom stereocenters. The number of carbonyl (C=O) groups is 1. The molecule has 1 amide bonds. The number of sulfone groups is 1. The number of amides is 1. The minimum atomic E-state index is -3.45. The number of thioether (sulfide) groups is 1. The number of halogens is 1. The molecule has 0 radical (unpaired) electrons. The molecule has 0 bridgehead atoms. The second-order valence-corrected chi connectivity index (χ2v) is 10.5. The van der Waals surface area contributed by atoms with Crippen LogP contribution in [0.3, 0.4) is 0 Å². The van der Waals surface area contributed by atoms with E-state index in [1.54, 1.807) is 31.4 Å². The first-order valence-electron chi connectivity index (χ1n) is 9.54. The highest BCUT2D eigenvalue weighted by Gasteiger charge is 2.18. The Hall–Kier alpha value is -2.40. The summed E-state index contributed by atoms with van der Waals surface area (Å²) in [5, 5.41) is 3.69. The van der Waals surface area contributed by atoms with Crippen LogP contribution in [-0.2, 0) is 19.4 Å². The summed E-state index contributed by atoms with van der Waals surface area (Å²) in [5.74, 6) is -0.486. The maximum atomic E-state index is 13.1. The lowest BCUT2D eigenvalue weighted by Crippen LogP contribution is -2.29. The van der Waals surface area contributed by atoms with Gasteiger partial charge < -0.3 is 10.1 Å². The van der Waals surface area contributed by atoms with Crippen LogP contribution in [0.15, 0.2) is 57.3 Å². The third-order valence-electron chi connectivity index (χ3n) is 4.60. The second kappa shape index (κ2) is 10.0. The molecule has 32 heavy (non-hydrogen) atoms. The van der Waals surface area contributed by atoms with Crippen molar-refractivity contribution in [2.75, 3.05) is 31.0 Å². The van der Waals surface area contributed by atoms with E-state index in [1.165, 1.54) is 22.8 Å². The van der Waals surface area contributed by atoms with E-state index in [0.717, 1.165) is 18.0 Å². The van der Waals surface area contributed by atoms with Crippen LogP contribution in [0.1, 0.15) is 13.0 Å². The number of fused-ring (bicyclic) bond motifs is 1. The van der Waals surface area contributed by atoms with E-state index in [0.29, 0.717) is 22.7 Å². The summed E-state index contributed by atoms with van der Waals surface area (Å²) in [6.45, 7) is 2.13. The molecule has 3 rings (SSSR count). The third-order valence-corrected chi connectivity index (χ3v) is 6.99. The van der Waals surface area contributed by atoms with Crippen molar-refractivity contribution in [3.05, 3.63) is 57.8 Å². The first-order valence-corrected chi connectivity index (χ1v) is 12.8. The Labute approximate surface area is 194 Å². The van der Waals surface area contributed by atoms with Gasteiger partial charge in [0.25, 0.3) is 5.56 Å². The molecule has 1 N–H and O–H groups in total. The van der Waals surface area contributed by atoms with Crippen molar-refractivity contribution >= 4 is 55.7 Å². The third kappa shape index (κ3) is 5.50. The van der Waals surface area contributed by atoms with E-state index < -0.39 is 15.7 Å². The number of nitrogens with one attached hydrogen (secondary N) is 1. The fourth-order valence-electron chi connectivity index (χ4n) is 3.08. The monoisotopic (exact) mass is 495 g/mol. The minimum absolute atomic E-state index is 0.0447. The number of rotatable bonds is 8. The van der Waals surface area contributed by atoms with Gasteiger partial charge in [-0.3, -0.25) is 14.2 Å². The largest absolute Gasteiger partial charge is 0.383 e. The van der Waals surface area contributed by atoms with Gasteiger partial charge in [0.2, 0.25) is 5.91 Å². The predicted molar refractivity (Wildman–Crippen MR) is 127 cm³/mol. The molecule has 0 fully saturated rings. The van der Waals surface area contributed by atoms with Gasteiger partial charge in [0.15, 0.2) is 15.0 Å². The molecule has 3 aromatic rings. The summed E-state index contributed by atoms with van der Waals surface area (Å²) in [6, 6.07) is 10.8. The number of aromatic nitrogens is 2. The molecule has 170 valence electrons. The van der Waals surface area contributed by atoms with Gasteiger partial charge in [-0.25, -0.2) is 13.4 Å². The fourth-order valence-corrected chi connectivity index (χ4v) is 4.79. The summed E-state index contributed by atoms with van der Waals surface area (Å²) < 4.78 is 30.3. The van der Waals surface area contributed by atoms with Crippen LogP contribution >= 0.6 is 23.4 Å². The maximum Gasteiger partial charge on any atom is 0.262 e. The molecule has 0 aliphatic carbocycles. The van der Waals surface area contributed by atoms with Crippen molar-refractivity contribution in [3.63, 3.8) is 0 Å². The first-order chi connectivity index (χ1) is 15.1. The van der Waals surface area contributed by atoms with Crippen LogP contribution in [0.5, 0.6) is 0 Å². The van der Waals surface area contributed by atoms with Crippen molar-refractivity contribution in [2.45, 2.75) is 23.0 Å². The van der Waals surface area contributed by atoms with Gasteiger partial charge in [-0.1, -0.05) is 35.5 Å². The Morgan fingerprint density at radius 2 is 2.00 bits per heavy atom. The molecule has 1 aromatic heterocycles. The Bertz CT molecular complexity index is 1320. The van der Waals surface area contributed by atoms with Gasteiger partial charge in [-0.15, -0.1) is 0 Å². The smallest absolute Gasteiger partial charge is 0.262 e. The van der Waals surface area contributed by atoms with E-state index >= 15 is 0 Å². The van der Waals surface area contributed by atoms with E-state index in [9.17, 15) is 18.0 Å². The summed E-state index contributed by atoms with van der Waals surface area (Å²) in [7, 11) is -1.91. The standard InChI is InChI=1S/C21H22ClN3O5S2/c1-13(11-30-2)25-20(27)15-6-4-5-7-17(15)24-21(25)31-12-19(26)23-18-10-14(32(3,28)29)8-9-16(18)22/h4-10,13H,11-12H2,1-3H3,(H,23,26)/t13-/m1/s1.